The molecule has 0 aromatic rings. The molecule has 0 bridgehead atoms. The van der Waals surface area contributed by atoms with Gasteiger partial charge in [0.15, 0.2) is 0 Å². The van der Waals surface area contributed by atoms with Gasteiger partial charge in [-0.25, -0.2) is 0 Å². The monoisotopic (exact) mass is 190 g/mol. The van der Waals surface area contributed by atoms with Crippen LogP contribution in [0.4, 0.5) is 0 Å². The standard InChI is InChI=1S/C5H13Si.Y/c1-5-6(2,3)4;/h1,5H2,2-4H3;/q+1;. The van der Waals surface area contributed by atoms with Crippen LogP contribution in [-0.2, 0) is 32.7 Å². The Bertz CT molecular complexity index is 37.8. The summed E-state index contributed by atoms with van der Waals surface area (Å²) in [6, 6.07) is 1.16. The van der Waals surface area contributed by atoms with Crippen molar-refractivity contribution in [3.05, 3.63) is 6.92 Å². The fraction of sp³-hybridized carbons (Fsp3) is 0.800. The summed E-state index contributed by atoms with van der Waals surface area (Å²) < 4.78 is 0. The smallest absolute Gasteiger partial charge is 0.0657 e. The fourth-order valence-electron chi connectivity index (χ4n) is 0. The van der Waals surface area contributed by atoms with Crippen molar-refractivity contribution < 1.29 is 32.7 Å². The van der Waals surface area contributed by atoms with E-state index in [1.807, 2.05) is 0 Å². The molecular weight excluding hydrogens is 177 g/mol. The Morgan fingerprint density at radius 1 is 1.29 bits per heavy atom. The van der Waals surface area contributed by atoms with Crippen molar-refractivity contribution in [3.8, 4) is 0 Å². The minimum atomic E-state index is -0.742. The van der Waals surface area contributed by atoms with Crippen LogP contribution in [0.3, 0.4) is 0 Å². The molecule has 39 valence electrons. The van der Waals surface area contributed by atoms with E-state index in [0.717, 1.165) is 6.04 Å². The van der Waals surface area contributed by atoms with Crippen LogP contribution in [0.25, 0.3) is 0 Å². The zero-order valence-electron chi connectivity index (χ0n) is 5.49. The van der Waals surface area contributed by atoms with E-state index in [1.54, 1.807) is 0 Å². The Kier molecular flexibility index (Phi) is 6.48. The summed E-state index contributed by atoms with van der Waals surface area (Å²) in [7, 11) is -0.742. The van der Waals surface area contributed by atoms with E-state index in [9.17, 15) is 0 Å². The Morgan fingerprint density at radius 2 is 1.43 bits per heavy atom. The van der Waals surface area contributed by atoms with Gasteiger partial charge in [-0.3, -0.25) is 0 Å². The van der Waals surface area contributed by atoms with Gasteiger partial charge in [-0.15, -0.1) is 0 Å². The maximum absolute atomic E-state index is 3.82. The molecule has 0 aliphatic carbocycles. The molecule has 0 amide bonds. The first kappa shape index (κ1) is 11.1. The zero-order chi connectivity index (χ0) is 5.21. The van der Waals surface area contributed by atoms with E-state index in [0.29, 0.717) is 0 Å². The molecule has 7 heavy (non-hydrogen) atoms. The Hall–Kier alpha value is 1.19. The number of hydrogen-bond acceptors (Lipinski definition) is 0. The van der Waals surface area contributed by atoms with E-state index in [-0.39, 0.29) is 32.7 Å². The molecule has 0 rings (SSSR count). The Morgan fingerprint density at radius 3 is 1.43 bits per heavy atom. The van der Waals surface area contributed by atoms with Crippen molar-refractivity contribution in [3.63, 3.8) is 0 Å². The molecule has 0 aromatic heterocycles. The summed E-state index contributed by atoms with van der Waals surface area (Å²) in [5, 5.41) is 0. The van der Waals surface area contributed by atoms with Gasteiger partial charge < -0.3 is 0 Å². The minimum absolute atomic E-state index is 0. The molecule has 0 saturated carbocycles. The number of hydrogen-bond donors (Lipinski definition) is 0. The Labute approximate surface area is 73.0 Å². The van der Waals surface area contributed by atoms with E-state index in [1.165, 1.54) is 0 Å². The van der Waals surface area contributed by atoms with Gasteiger partial charge in [0.25, 0.3) is 0 Å². The predicted molar refractivity (Wildman–Crippen MR) is 33.5 cm³/mol. The van der Waals surface area contributed by atoms with Crippen LogP contribution < -0.4 is 0 Å². The molecule has 0 aliphatic heterocycles. The van der Waals surface area contributed by atoms with Crippen molar-refractivity contribution in [2.45, 2.75) is 25.7 Å². The third-order valence-corrected chi connectivity index (χ3v) is 2.25. The van der Waals surface area contributed by atoms with E-state index >= 15 is 0 Å². The maximum atomic E-state index is 3.82. The van der Waals surface area contributed by atoms with Crippen LogP contribution in [0.15, 0.2) is 0 Å². The maximum Gasteiger partial charge on any atom is 0.0977 e. The minimum Gasteiger partial charge on any atom is -0.0657 e. The largest absolute Gasteiger partial charge is 0.0977 e. The van der Waals surface area contributed by atoms with Crippen molar-refractivity contribution in [1.29, 1.82) is 0 Å². The van der Waals surface area contributed by atoms with Crippen LogP contribution in [0, 0.1) is 6.92 Å². The summed E-state index contributed by atoms with van der Waals surface area (Å²) in [5.74, 6) is 0. The molecule has 0 aliphatic rings. The zero-order valence-corrected chi connectivity index (χ0v) is 9.33. The normalized spacial score (nSPS) is 10.1. The van der Waals surface area contributed by atoms with Crippen LogP contribution in [0.2, 0.25) is 25.7 Å². The van der Waals surface area contributed by atoms with Crippen molar-refractivity contribution in [2.24, 2.45) is 0 Å². The van der Waals surface area contributed by atoms with Gasteiger partial charge in [-0.2, -0.15) is 0 Å². The molecule has 0 heterocycles. The summed E-state index contributed by atoms with van der Waals surface area (Å²) in [6.45, 7) is 10.8. The SMILES string of the molecule is [CH2+]C[Si](C)(C)C.[Y]. The van der Waals surface area contributed by atoms with Gasteiger partial charge in [0.05, 0.1) is 21.0 Å². The molecule has 0 aromatic carbocycles. The van der Waals surface area contributed by atoms with Crippen LogP contribution in [0.5, 0.6) is 0 Å². The second-order valence-corrected chi connectivity index (χ2v) is 8.43. The van der Waals surface area contributed by atoms with E-state index in [4.69, 9.17) is 0 Å². The van der Waals surface area contributed by atoms with Crippen LogP contribution >= 0.6 is 0 Å². The molecule has 0 saturated heterocycles. The molecule has 0 atom stereocenters. The molecule has 0 unspecified atom stereocenters. The van der Waals surface area contributed by atoms with Gasteiger partial charge in [0.1, 0.15) is 0 Å². The second-order valence-electron chi connectivity index (χ2n) is 2.81. The molecule has 0 nitrogen and oxygen atoms in total. The van der Waals surface area contributed by atoms with Crippen molar-refractivity contribution in [2.75, 3.05) is 0 Å². The van der Waals surface area contributed by atoms with Crippen LogP contribution in [0.1, 0.15) is 0 Å². The molecule has 0 spiro atoms. The third-order valence-electron chi connectivity index (χ3n) is 0.750. The molecule has 2 heteroatoms. The van der Waals surface area contributed by atoms with Gasteiger partial charge >= 0.3 is 0 Å². The summed E-state index contributed by atoms with van der Waals surface area (Å²) >= 11 is 0. The van der Waals surface area contributed by atoms with E-state index in [2.05, 4.69) is 26.6 Å². The summed E-state index contributed by atoms with van der Waals surface area (Å²) in [4.78, 5) is 0. The summed E-state index contributed by atoms with van der Waals surface area (Å²) in [6.07, 6.45) is 0. The molecular formula is C5H13SiY+. The average Bonchev–Trinajstić information content (AvgIpc) is 1.35. The van der Waals surface area contributed by atoms with Gasteiger partial charge in [0, 0.05) is 32.7 Å². The quantitative estimate of drug-likeness (QED) is 0.439. The van der Waals surface area contributed by atoms with Gasteiger partial charge in [0.2, 0.25) is 0 Å². The summed E-state index contributed by atoms with van der Waals surface area (Å²) in [5.41, 5.74) is 0. The van der Waals surface area contributed by atoms with Crippen molar-refractivity contribution in [1.82, 2.24) is 0 Å². The van der Waals surface area contributed by atoms with Gasteiger partial charge in [-0.1, -0.05) is 19.6 Å². The van der Waals surface area contributed by atoms with Crippen molar-refractivity contribution >= 4 is 8.07 Å². The number of rotatable bonds is 1. The first-order valence-electron chi connectivity index (χ1n) is 2.35. The fourth-order valence-corrected chi connectivity index (χ4v) is 0. The Balaban J connectivity index is 0. The first-order chi connectivity index (χ1) is 2.56. The van der Waals surface area contributed by atoms with Gasteiger partial charge in [-0.05, 0) is 0 Å². The molecule has 1 radical (unpaired) electrons. The second kappa shape index (κ2) is 4.11. The third kappa shape index (κ3) is 11.0. The first-order valence-corrected chi connectivity index (χ1v) is 6.06. The molecule has 0 fully saturated rings. The van der Waals surface area contributed by atoms with E-state index < -0.39 is 8.07 Å². The van der Waals surface area contributed by atoms with Crippen LogP contribution in [-0.4, -0.2) is 8.07 Å². The average molecular weight is 190 g/mol. The predicted octanol–water partition coefficient (Wildman–Crippen LogP) is 2.16. The molecule has 0 N–H and O–H groups in total. The topological polar surface area (TPSA) is 0 Å².